The van der Waals surface area contributed by atoms with Gasteiger partial charge in [-0.1, -0.05) is 19.3 Å². The highest BCUT2D eigenvalue weighted by molar-refractivity contribution is 7.99. The molecule has 2 aromatic rings. The summed E-state index contributed by atoms with van der Waals surface area (Å²) < 4.78 is 47.3. The number of thioether (sulfide) groups is 1. The first kappa shape index (κ1) is 25.1. The number of fused-ring (bicyclic) bond motifs is 2. The van der Waals surface area contributed by atoms with Gasteiger partial charge in [0.1, 0.15) is 35.5 Å². The van der Waals surface area contributed by atoms with Crippen molar-refractivity contribution in [2.75, 3.05) is 18.1 Å². The number of anilines is 1. The van der Waals surface area contributed by atoms with Crippen LogP contribution in [0.4, 0.5) is 5.82 Å². The number of aliphatic hydroxyl groups is 1. The van der Waals surface area contributed by atoms with Crippen LogP contribution >= 0.6 is 11.8 Å². The maximum atomic E-state index is 11.4. The maximum absolute atomic E-state index is 11.4. The van der Waals surface area contributed by atoms with E-state index in [1.165, 1.54) is 18.1 Å². The highest BCUT2D eigenvalue weighted by atomic mass is 32.2. The Kier molecular flexibility index (Phi) is 6.49. The van der Waals surface area contributed by atoms with Crippen molar-refractivity contribution in [3.8, 4) is 0 Å². The third-order valence-electron chi connectivity index (χ3n) is 6.51. The molecule has 2 aromatic heterocycles. The molecule has 2 saturated heterocycles. The molecule has 3 aliphatic rings. The molecule has 15 heteroatoms. The second kappa shape index (κ2) is 9.06. The van der Waals surface area contributed by atoms with E-state index in [2.05, 4.69) is 9.97 Å². The van der Waals surface area contributed by atoms with Gasteiger partial charge < -0.3 is 25.1 Å². The van der Waals surface area contributed by atoms with E-state index in [1.807, 2.05) is 0 Å². The Morgan fingerprint density at radius 3 is 2.66 bits per heavy atom. The standard InChI is InChI=1S/C20H30N6O7S2/c1-19(2)32-13-11(8-30-35(22,28)29)31-18(14(13)33-19)26-16-12(15(21)23-10-24-16)17(25-26)34-9-20(27)6-4-3-5-7-20/h10-11,13-14,18,27H,3-9H2,1-2H3,(H2,21,23,24)(H2,22,28,29)/t11-,13-,14-,18-/m1/s1. The minimum atomic E-state index is -4.17. The molecule has 5 N–H and O–H groups in total. The van der Waals surface area contributed by atoms with E-state index >= 15 is 0 Å². The number of hydrogen-bond acceptors (Lipinski definition) is 12. The van der Waals surface area contributed by atoms with Crippen molar-refractivity contribution in [2.45, 2.75) is 86.9 Å². The van der Waals surface area contributed by atoms with Crippen LogP contribution in [-0.2, 0) is 28.7 Å². The molecule has 5 rings (SSSR count). The van der Waals surface area contributed by atoms with Crippen molar-refractivity contribution in [3.05, 3.63) is 6.33 Å². The molecule has 194 valence electrons. The summed E-state index contributed by atoms with van der Waals surface area (Å²) in [7, 11) is -4.17. The Labute approximate surface area is 207 Å². The van der Waals surface area contributed by atoms with E-state index in [4.69, 9.17) is 34.4 Å². The lowest BCUT2D eigenvalue weighted by molar-refractivity contribution is -0.200. The van der Waals surface area contributed by atoms with E-state index in [0.717, 1.165) is 32.1 Å². The van der Waals surface area contributed by atoms with Gasteiger partial charge in [0.25, 0.3) is 0 Å². The average molecular weight is 531 g/mol. The SMILES string of the molecule is CC1(C)O[C@@H]2[C@H](O1)[C@@H](COS(N)(=O)=O)O[C@H]2n1nc(SCC2(O)CCCCC2)c2c(N)ncnc21. The lowest BCUT2D eigenvalue weighted by Gasteiger charge is -2.31. The predicted octanol–water partition coefficient (Wildman–Crippen LogP) is 0.833. The Hall–Kier alpha value is -1.59. The number of nitrogen functional groups attached to an aromatic ring is 1. The Balaban J connectivity index is 1.47. The fourth-order valence-electron chi connectivity index (χ4n) is 4.95. The molecule has 1 aliphatic carbocycles. The lowest BCUT2D eigenvalue weighted by atomic mass is 9.86. The number of hydrogen-bond donors (Lipinski definition) is 3. The fraction of sp³-hybridized carbons (Fsp3) is 0.750. The van der Waals surface area contributed by atoms with Gasteiger partial charge in [-0.05, 0) is 26.7 Å². The summed E-state index contributed by atoms with van der Waals surface area (Å²) >= 11 is 1.40. The van der Waals surface area contributed by atoms with Gasteiger partial charge in [0.15, 0.2) is 17.7 Å². The number of rotatable bonds is 7. The van der Waals surface area contributed by atoms with Gasteiger partial charge in [-0.25, -0.2) is 19.8 Å². The smallest absolute Gasteiger partial charge is 0.333 e. The van der Waals surface area contributed by atoms with Crippen LogP contribution in [0.25, 0.3) is 11.0 Å². The molecular weight excluding hydrogens is 500 g/mol. The van der Waals surface area contributed by atoms with Crippen molar-refractivity contribution in [3.63, 3.8) is 0 Å². The number of aromatic nitrogens is 4. The largest absolute Gasteiger partial charge is 0.389 e. The molecule has 0 bridgehead atoms. The zero-order chi connectivity index (χ0) is 25.0. The van der Waals surface area contributed by atoms with Crippen LogP contribution in [0.1, 0.15) is 52.2 Å². The first-order chi connectivity index (χ1) is 16.4. The summed E-state index contributed by atoms with van der Waals surface area (Å²) in [4.78, 5) is 8.51. The highest BCUT2D eigenvalue weighted by Crippen LogP contribution is 2.45. The Bertz CT molecular complexity index is 1200. The van der Waals surface area contributed by atoms with Gasteiger partial charge in [-0.15, -0.1) is 11.8 Å². The molecule has 0 aromatic carbocycles. The monoisotopic (exact) mass is 530 g/mol. The van der Waals surface area contributed by atoms with Crippen LogP contribution in [0, 0.1) is 0 Å². The summed E-state index contributed by atoms with van der Waals surface area (Å²) in [5.74, 6) is -0.217. The summed E-state index contributed by atoms with van der Waals surface area (Å²) in [5.41, 5.74) is 5.87. The molecule has 3 fully saturated rings. The maximum Gasteiger partial charge on any atom is 0.333 e. The van der Waals surface area contributed by atoms with Crippen LogP contribution < -0.4 is 10.9 Å². The summed E-state index contributed by atoms with van der Waals surface area (Å²) in [6.45, 7) is 3.17. The molecule has 0 radical (unpaired) electrons. The van der Waals surface area contributed by atoms with E-state index in [1.54, 1.807) is 18.5 Å². The van der Waals surface area contributed by atoms with Crippen LogP contribution in [0.2, 0.25) is 0 Å². The summed E-state index contributed by atoms with van der Waals surface area (Å²) in [6, 6.07) is 0. The molecule has 13 nitrogen and oxygen atoms in total. The van der Waals surface area contributed by atoms with Gasteiger partial charge in [-0.2, -0.15) is 13.5 Å². The predicted molar refractivity (Wildman–Crippen MR) is 125 cm³/mol. The molecule has 2 aliphatic heterocycles. The highest BCUT2D eigenvalue weighted by Gasteiger charge is 2.57. The van der Waals surface area contributed by atoms with Gasteiger partial charge in [-0.3, -0.25) is 4.18 Å². The van der Waals surface area contributed by atoms with Crippen molar-refractivity contribution >= 4 is 38.9 Å². The van der Waals surface area contributed by atoms with Gasteiger partial charge in [0.2, 0.25) is 0 Å². The molecule has 1 saturated carbocycles. The van der Waals surface area contributed by atoms with E-state index in [-0.39, 0.29) is 12.4 Å². The first-order valence-corrected chi connectivity index (χ1v) is 13.9. The number of ether oxygens (including phenoxy) is 3. The summed E-state index contributed by atoms with van der Waals surface area (Å²) in [5, 5.41) is 21.8. The van der Waals surface area contributed by atoms with Gasteiger partial charge in [0, 0.05) is 5.75 Å². The zero-order valence-electron chi connectivity index (χ0n) is 19.5. The third-order valence-corrected chi connectivity index (χ3v) is 8.22. The molecule has 4 atom stereocenters. The van der Waals surface area contributed by atoms with Crippen molar-refractivity contribution in [1.82, 2.24) is 19.7 Å². The van der Waals surface area contributed by atoms with Crippen molar-refractivity contribution in [2.24, 2.45) is 5.14 Å². The zero-order valence-corrected chi connectivity index (χ0v) is 21.1. The minimum absolute atomic E-state index is 0.256. The second-order valence-electron chi connectivity index (χ2n) is 9.69. The number of nitrogens with two attached hydrogens (primary N) is 2. The van der Waals surface area contributed by atoms with Crippen molar-refractivity contribution < 1.29 is 31.9 Å². The van der Waals surface area contributed by atoms with Gasteiger partial charge in [0.05, 0.1) is 17.6 Å². The van der Waals surface area contributed by atoms with Crippen LogP contribution in [0.3, 0.4) is 0 Å². The Morgan fingerprint density at radius 2 is 1.94 bits per heavy atom. The van der Waals surface area contributed by atoms with E-state index in [9.17, 15) is 13.5 Å². The quantitative estimate of drug-likeness (QED) is 0.429. The topological polar surface area (TPSA) is 187 Å². The third kappa shape index (κ3) is 5.13. The normalized spacial score (nSPS) is 30.1. The average Bonchev–Trinajstić information content (AvgIpc) is 3.40. The molecule has 0 spiro atoms. The van der Waals surface area contributed by atoms with Crippen molar-refractivity contribution in [1.29, 1.82) is 0 Å². The van der Waals surface area contributed by atoms with Crippen LogP contribution in [0.15, 0.2) is 11.4 Å². The van der Waals surface area contributed by atoms with E-state index < -0.39 is 46.2 Å². The molecule has 4 heterocycles. The van der Waals surface area contributed by atoms with Gasteiger partial charge >= 0.3 is 10.3 Å². The molecule has 35 heavy (non-hydrogen) atoms. The molecule has 0 amide bonds. The van der Waals surface area contributed by atoms with E-state index in [0.29, 0.717) is 21.8 Å². The van der Waals surface area contributed by atoms with Crippen LogP contribution in [-0.4, -0.2) is 75.3 Å². The fourth-order valence-corrected chi connectivity index (χ4v) is 6.45. The number of nitrogens with zero attached hydrogens (tertiary/aromatic N) is 4. The lowest BCUT2D eigenvalue weighted by Crippen LogP contribution is -2.34. The first-order valence-electron chi connectivity index (χ1n) is 11.5. The molecule has 0 unspecified atom stereocenters. The summed E-state index contributed by atoms with van der Waals surface area (Å²) in [6.07, 6.45) is 3.08. The molecular formula is C20H30N6O7S2. The minimum Gasteiger partial charge on any atom is -0.389 e. The second-order valence-corrected chi connectivity index (χ2v) is 11.9. The van der Waals surface area contributed by atoms with Crippen LogP contribution in [0.5, 0.6) is 0 Å². The Morgan fingerprint density at radius 1 is 1.23 bits per heavy atom.